The highest BCUT2D eigenvalue weighted by molar-refractivity contribution is 7.23. The van der Waals surface area contributed by atoms with Crippen molar-refractivity contribution in [2.45, 2.75) is 0 Å². The third kappa shape index (κ3) is 5.15. The van der Waals surface area contributed by atoms with Crippen LogP contribution in [-0.2, 0) is 0 Å². The zero-order chi connectivity index (χ0) is 36.5. The molecule has 0 fully saturated rings. The van der Waals surface area contributed by atoms with Crippen molar-refractivity contribution in [3.63, 3.8) is 0 Å². The quantitative estimate of drug-likeness (QED) is 0.177. The van der Waals surface area contributed by atoms with Gasteiger partial charge in [-0.15, -0.1) is 0 Å². The lowest BCUT2D eigenvalue weighted by molar-refractivity contribution is 0.953. The number of fused-ring (bicyclic) bond motifs is 7. The summed E-state index contributed by atoms with van der Waals surface area (Å²) in [6, 6.07) is 57.5. The summed E-state index contributed by atoms with van der Waals surface area (Å²) in [7, 11) is 0. The first kappa shape index (κ1) is 31.3. The fourth-order valence-electron chi connectivity index (χ4n) is 7.57. The largest absolute Gasteiger partial charge is 0.278 e. The zero-order valence-corrected chi connectivity index (χ0v) is 30.0. The van der Waals surface area contributed by atoms with Gasteiger partial charge >= 0.3 is 0 Å². The lowest BCUT2D eigenvalue weighted by Gasteiger charge is -2.11. The topological polar surface area (TPSA) is 78.0 Å². The van der Waals surface area contributed by atoms with Crippen molar-refractivity contribution >= 4 is 59.2 Å². The average molecular weight is 725 g/mol. The van der Waals surface area contributed by atoms with Gasteiger partial charge in [-0.1, -0.05) is 139 Å². The van der Waals surface area contributed by atoms with Gasteiger partial charge in [-0.05, 0) is 64.7 Å². The Morgan fingerprint density at radius 3 is 1.73 bits per heavy atom. The summed E-state index contributed by atoms with van der Waals surface area (Å²) in [4.78, 5) is 34.6. The summed E-state index contributed by atoms with van der Waals surface area (Å²) in [5.41, 5.74) is 9.60. The Labute approximate surface area is 318 Å². The molecule has 11 aromatic rings. The molecule has 258 valence electrons. The van der Waals surface area contributed by atoms with Gasteiger partial charge in [0.05, 0.1) is 27.5 Å². The van der Waals surface area contributed by atoms with Crippen LogP contribution in [0.5, 0.6) is 0 Å². The molecule has 0 saturated carbocycles. The van der Waals surface area contributed by atoms with Crippen molar-refractivity contribution in [2.75, 3.05) is 0 Å². The van der Waals surface area contributed by atoms with Gasteiger partial charge in [0.25, 0.3) is 5.56 Å². The van der Waals surface area contributed by atoms with Gasteiger partial charge in [0, 0.05) is 26.6 Å². The van der Waals surface area contributed by atoms with E-state index in [-0.39, 0.29) is 5.56 Å². The van der Waals surface area contributed by atoms with Gasteiger partial charge in [-0.3, -0.25) is 9.36 Å². The third-order valence-corrected chi connectivity index (χ3v) is 11.3. The second-order valence-electron chi connectivity index (χ2n) is 13.5. The second-order valence-corrected chi connectivity index (χ2v) is 14.5. The number of aromatic nitrogens is 6. The van der Waals surface area contributed by atoms with Crippen LogP contribution in [0.15, 0.2) is 175 Å². The van der Waals surface area contributed by atoms with E-state index in [0.29, 0.717) is 27.9 Å². The molecule has 0 amide bonds. The molecule has 7 aromatic carbocycles. The first-order valence-electron chi connectivity index (χ1n) is 18.0. The number of benzene rings is 7. The van der Waals surface area contributed by atoms with Crippen LogP contribution in [0.25, 0.3) is 98.9 Å². The Morgan fingerprint density at radius 2 is 0.964 bits per heavy atom. The molecule has 0 unspecified atom stereocenters. The summed E-state index contributed by atoms with van der Waals surface area (Å²) in [5.74, 6) is 1.73. The van der Waals surface area contributed by atoms with Crippen LogP contribution in [0.4, 0.5) is 0 Å². The van der Waals surface area contributed by atoms with Crippen molar-refractivity contribution in [2.24, 2.45) is 0 Å². The van der Waals surface area contributed by atoms with Gasteiger partial charge in [-0.2, -0.15) is 9.97 Å². The summed E-state index contributed by atoms with van der Waals surface area (Å²) in [5, 5.41) is 2.81. The van der Waals surface area contributed by atoms with Crippen molar-refractivity contribution < 1.29 is 0 Å². The average Bonchev–Trinajstić information content (AvgIpc) is 3.80. The fourth-order valence-corrected chi connectivity index (χ4v) is 8.58. The number of rotatable bonds is 5. The van der Waals surface area contributed by atoms with E-state index in [1.54, 1.807) is 4.40 Å². The highest BCUT2D eigenvalue weighted by Crippen LogP contribution is 2.36. The molecule has 0 atom stereocenters. The van der Waals surface area contributed by atoms with Crippen LogP contribution in [0, 0.1) is 0 Å². The Bertz CT molecular complexity index is 3330. The van der Waals surface area contributed by atoms with Crippen LogP contribution in [-0.4, -0.2) is 28.9 Å². The molecule has 0 aliphatic carbocycles. The number of para-hydroxylation sites is 3. The zero-order valence-electron chi connectivity index (χ0n) is 29.2. The van der Waals surface area contributed by atoms with E-state index in [9.17, 15) is 4.79 Å². The molecule has 0 aliphatic rings. The lowest BCUT2D eigenvalue weighted by atomic mass is 10.0. The molecule has 4 heterocycles. The van der Waals surface area contributed by atoms with Gasteiger partial charge < -0.3 is 0 Å². The molecule has 11 rings (SSSR count). The van der Waals surface area contributed by atoms with Crippen molar-refractivity contribution in [1.29, 1.82) is 0 Å². The molecule has 4 aromatic heterocycles. The third-order valence-electron chi connectivity index (χ3n) is 10.3. The minimum absolute atomic E-state index is 0.0634. The Balaban J connectivity index is 1.08. The van der Waals surface area contributed by atoms with Gasteiger partial charge in [-0.25, -0.2) is 14.4 Å². The van der Waals surface area contributed by atoms with E-state index >= 15 is 0 Å². The first-order chi connectivity index (χ1) is 27.2. The first-order valence-corrected chi connectivity index (χ1v) is 18.8. The molecule has 0 saturated heterocycles. The molecular weight excluding hydrogens is 697 g/mol. The summed E-state index contributed by atoms with van der Waals surface area (Å²) < 4.78 is 4.76. The standard InChI is InChI=1S/C47H28N6OS/c54-45-37-28-34(24-26-42(37)55-47-48-38-16-8-10-18-41(38)53(45)47)33-23-25-40-36(27-33)35-15-7-9-17-39(35)52(40)46-50-43(31-13-5-2-6-14-31)49-44(51-46)32-21-19-30(20-22-32)29-11-3-1-4-12-29/h1-28H. The van der Waals surface area contributed by atoms with Crippen LogP contribution in [0.2, 0.25) is 0 Å². The minimum atomic E-state index is -0.0634. The van der Waals surface area contributed by atoms with Crippen LogP contribution in [0.3, 0.4) is 0 Å². The smallest absolute Gasteiger partial charge is 0.266 e. The van der Waals surface area contributed by atoms with Gasteiger partial charge in [0.15, 0.2) is 16.6 Å². The highest BCUT2D eigenvalue weighted by Gasteiger charge is 2.19. The van der Waals surface area contributed by atoms with Crippen molar-refractivity contribution in [1.82, 2.24) is 28.9 Å². The predicted molar refractivity (Wildman–Crippen MR) is 224 cm³/mol. The Kier molecular flexibility index (Phi) is 7.05. The molecule has 7 nitrogen and oxygen atoms in total. The normalized spacial score (nSPS) is 11.7. The number of imidazole rings is 1. The second kappa shape index (κ2) is 12.4. The maximum Gasteiger partial charge on any atom is 0.266 e. The number of hydrogen-bond acceptors (Lipinski definition) is 6. The van der Waals surface area contributed by atoms with Crippen molar-refractivity contribution in [3.8, 4) is 51.0 Å². The molecule has 0 N–H and O–H groups in total. The van der Waals surface area contributed by atoms with Crippen LogP contribution in [0.1, 0.15) is 0 Å². The van der Waals surface area contributed by atoms with Gasteiger partial charge in [0.2, 0.25) is 5.95 Å². The van der Waals surface area contributed by atoms with Crippen molar-refractivity contribution in [3.05, 3.63) is 180 Å². The van der Waals surface area contributed by atoms with E-state index in [1.807, 2.05) is 91.0 Å². The minimum Gasteiger partial charge on any atom is -0.278 e. The SMILES string of the molecule is O=c1c2cc(-c3ccc4c(c3)c3ccccc3n4-c3nc(-c4ccccc4)nc(-c4ccc(-c5ccccc5)cc4)n3)ccc2sc2nc3ccccc3n12. The molecule has 0 bridgehead atoms. The highest BCUT2D eigenvalue weighted by atomic mass is 32.1. The van der Waals surface area contributed by atoms with Crippen LogP contribution >= 0.6 is 11.3 Å². The maximum absolute atomic E-state index is 13.9. The molecule has 0 radical (unpaired) electrons. The summed E-state index contributed by atoms with van der Waals surface area (Å²) in [6.45, 7) is 0. The molecule has 0 spiro atoms. The summed E-state index contributed by atoms with van der Waals surface area (Å²) >= 11 is 1.53. The maximum atomic E-state index is 13.9. The number of hydrogen-bond donors (Lipinski definition) is 0. The fraction of sp³-hybridized carbons (Fsp3) is 0. The molecule has 55 heavy (non-hydrogen) atoms. The van der Waals surface area contributed by atoms with E-state index in [1.165, 1.54) is 11.3 Å². The van der Waals surface area contributed by atoms with E-state index < -0.39 is 0 Å². The van der Waals surface area contributed by atoms with E-state index in [0.717, 1.165) is 70.9 Å². The van der Waals surface area contributed by atoms with E-state index in [4.69, 9.17) is 19.9 Å². The monoisotopic (exact) mass is 724 g/mol. The molecule has 8 heteroatoms. The Hall–Kier alpha value is -7.29. The van der Waals surface area contributed by atoms with Gasteiger partial charge in [0.1, 0.15) is 0 Å². The number of nitrogens with zero attached hydrogens (tertiary/aromatic N) is 6. The summed E-state index contributed by atoms with van der Waals surface area (Å²) in [6.07, 6.45) is 0. The Morgan fingerprint density at radius 1 is 0.418 bits per heavy atom. The molecular formula is C47H28N6OS. The molecule has 0 aliphatic heterocycles. The lowest BCUT2D eigenvalue weighted by Crippen LogP contribution is -2.11. The predicted octanol–water partition coefficient (Wildman–Crippen LogP) is 11.0. The van der Waals surface area contributed by atoms with E-state index in [2.05, 4.69) is 83.4 Å². The van der Waals surface area contributed by atoms with Crippen LogP contribution < -0.4 is 5.56 Å².